The molecule has 2 rings (SSSR count). The average molecular weight is 524 g/mol. The summed E-state index contributed by atoms with van der Waals surface area (Å²) in [6.07, 6.45) is 0.854. The van der Waals surface area contributed by atoms with E-state index in [9.17, 15) is 0 Å². The quantitative estimate of drug-likeness (QED) is 0.347. The van der Waals surface area contributed by atoms with Crippen molar-refractivity contribution in [1.29, 1.82) is 0 Å². The van der Waals surface area contributed by atoms with Gasteiger partial charge in [-0.2, -0.15) is 0 Å². The van der Waals surface area contributed by atoms with Gasteiger partial charge in [-0.15, -0.1) is 0 Å². The Kier molecular flexibility index (Phi) is 7.38. The molecule has 2 nitrogen and oxygen atoms in total. The second-order valence-corrected chi connectivity index (χ2v) is 8.54. The van der Waals surface area contributed by atoms with E-state index in [0.29, 0.717) is 13.2 Å². The fourth-order valence-corrected chi connectivity index (χ4v) is 4.66. The molecule has 0 aliphatic rings. The van der Waals surface area contributed by atoms with Crippen LogP contribution in [0.25, 0.3) is 0 Å². The monoisotopic (exact) mass is 524 g/mol. The summed E-state index contributed by atoms with van der Waals surface area (Å²) in [5.74, 6) is 1.84. The maximum absolute atomic E-state index is 5.77. The van der Waals surface area contributed by atoms with Crippen molar-refractivity contribution in [1.82, 2.24) is 0 Å². The maximum atomic E-state index is 5.77. The molecular weight excluding hydrogens is 512 g/mol. The van der Waals surface area contributed by atoms with Crippen molar-refractivity contribution in [3.63, 3.8) is 0 Å². The van der Waals surface area contributed by atoms with Crippen molar-refractivity contribution < 1.29 is 9.47 Å². The molecule has 6 heteroatoms. The molecule has 0 unspecified atom stereocenters. The van der Waals surface area contributed by atoms with Gasteiger partial charge in [0.1, 0.15) is 0 Å². The molecule has 0 aliphatic heterocycles. The van der Waals surface area contributed by atoms with E-state index in [1.165, 1.54) is 8.70 Å². The van der Waals surface area contributed by atoms with Crippen LogP contribution in [0.2, 0.25) is 0 Å². The number of hydrogen-bond acceptors (Lipinski definition) is 2. The zero-order valence-corrected chi connectivity index (χ0v) is 18.7. The standard InChI is InChI=1S/C15H12As4O2/c16-10-2-4-14(12(18)8-10)20-6-1-7-21-15-5-3-11(17)9-13(15)19/h2-5,8-9H,1,6-7H2. The molecule has 0 aliphatic carbocycles. The van der Waals surface area contributed by atoms with Crippen LogP contribution in [0.15, 0.2) is 36.4 Å². The van der Waals surface area contributed by atoms with Crippen LogP contribution in [0.5, 0.6) is 11.5 Å². The van der Waals surface area contributed by atoms with Gasteiger partial charge in [0.15, 0.2) is 0 Å². The molecule has 0 aromatic heterocycles. The molecule has 2 aromatic rings. The van der Waals surface area contributed by atoms with E-state index in [0.717, 1.165) is 26.6 Å². The summed E-state index contributed by atoms with van der Waals surface area (Å²) < 4.78 is 16.1. The summed E-state index contributed by atoms with van der Waals surface area (Å²) in [5.41, 5.74) is 0. The zero-order chi connectivity index (χ0) is 15.2. The van der Waals surface area contributed by atoms with Crippen LogP contribution in [-0.4, -0.2) is 80.6 Å². The van der Waals surface area contributed by atoms with Crippen LogP contribution in [0.3, 0.4) is 0 Å². The molecule has 0 spiro atoms. The zero-order valence-electron chi connectivity index (χ0n) is 11.2. The SMILES string of the molecule is [As]c1ccc(OCCCOc2ccc([As])cc2[As])c([As])c1. The number of benzene rings is 2. The third-order valence-electron chi connectivity index (χ3n) is 2.69. The van der Waals surface area contributed by atoms with Gasteiger partial charge in [0.05, 0.1) is 0 Å². The van der Waals surface area contributed by atoms with E-state index in [4.69, 9.17) is 9.47 Å². The van der Waals surface area contributed by atoms with Gasteiger partial charge in [0.25, 0.3) is 0 Å². The van der Waals surface area contributed by atoms with E-state index in [2.05, 4.69) is 79.5 Å². The first-order valence-corrected chi connectivity index (χ1v) is 10.1. The molecule has 0 bridgehead atoms. The van der Waals surface area contributed by atoms with Crippen molar-refractivity contribution >= 4 is 84.8 Å². The fourth-order valence-electron chi connectivity index (χ4n) is 1.68. The van der Waals surface area contributed by atoms with Gasteiger partial charge >= 0.3 is 162 Å². The predicted molar refractivity (Wildman–Crippen MR) is 90.0 cm³/mol. The summed E-state index contributed by atoms with van der Waals surface area (Å²) in [5, 5.41) is 0. The Morgan fingerprint density at radius 1 is 0.667 bits per heavy atom. The minimum absolute atomic E-state index is 0.652. The van der Waals surface area contributed by atoms with Crippen molar-refractivity contribution in [2.75, 3.05) is 13.2 Å². The molecule has 0 N–H and O–H groups in total. The molecule has 0 saturated carbocycles. The Labute approximate surface area is 160 Å². The van der Waals surface area contributed by atoms with Crippen molar-refractivity contribution in [3.8, 4) is 11.5 Å². The summed E-state index contributed by atoms with van der Waals surface area (Å²) in [6, 6.07) is 12.2. The molecule has 8 radical (unpaired) electrons. The van der Waals surface area contributed by atoms with Gasteiger partial charge in [-0.3, -0.25) is 0 Å². The Hall–Kier alpha value is 0.274. The van der Waals surface area contributed by atoms with Gasteiger partial charge in [0, 0.05) is 0 Å². The molecule has 0 atom stereocenters. The number of ether oxygens (including phenoxy) is 2. The molecule has 2 aromatic carbocycles. The van der Waals surface area contributed by atoms with E-state index in [-0.39, 0.29) is 0 Å². The first-order valence-electron chi connectivity index (χ1n) is 6.36. The van der Waals surface area contributed by atoms with E-state index in [1.54, 1.807) is 0 Å². The summed E-state index contributed by atoms with van der Waals surface area (Å²) >= 11 is 10.2. The Bertz CT molecular complexity index is 563. The van der Waals surface area contributed by atoms with E-state index in [1.807, 2.05) is 24.3 Å². The normalized spacial score (nSPS) is 10.5. The first-order chi connectivity index (χ1) is 10.1. The minimum atomic E-state index is 0.652. The number of hydrogen-bond donors (Lipinski definition) is 0. The van der Waals surface area contributed by atoms with Gasteiger partial charge in [0.2, 0.25) is 0 Å². The Balaban J connectivity index is 1.75. The summed E-state index contributed by atoms with van der Waals surface area (Å²) in [6.45, 7) is 1.30. The molecule has 21 heavy (non-hydrogen) atoms. The van der Waals surface area contributed by atoms with Crippen LogP contribution in [0.1, 0.15) is 6.42 Å². The molecular formula is C15H12As4O2. The van der Waals surface area contributed by atoms with Gasteiger partial charge < -0.3 is 0 Å². The summed E-state index contributed by atoms with van der Waals surface area (Å²) in [4.78, 5) is 0. The van der Waals surface area contributed by atoms with Crippen LogP contribution in [-0.2, 0) is 0 Å². The summed E-state index contributed by atoms with van der Waals surface area (Å²) in [7, 11) is 0. The Morgan fingerprint density at radius 3 is 1.48 bits per heavy atom. The van der Waals surface area contributed by atoms with Crippen LogP contribution >= 0.6 is 0 Å². The molecule has 104 valence electrons. The van der Waals surface area contributed by atoms with Crippen molar-refractivity contribution in [2.24, 2.45) is 0 Å². The molecule has 0 saturated heterocycles. The third-order valence-corrected chi connectivity index (χ3v) is 5.32. The van der Waals surface area contributed by atoms with Crippen molar-refractivity contribution in [2.45, 2.75) is 6.42 Å². The van der Waals surface area contributed by atoms with Gasteiger partial charge in [-0.1, -0.05) is 0 Å². The van der Waals surface area contributed by atoms with Gasteiger partial charge in [-0.05, 0) is 0 Å². The van der Waals surface area contributed by atoms with E-state index >= 15 is 0 Å². The fraction of sp³-hybridized carbons (Fsp3) is 0.200. The van der Waals surface area contributed by atoms with Crippen LogP contribution in [0.4, 0.5) is 0 Å². The first kappa shape index (κ1) is 17.6. The number of rotatable bonds is 6. The van der Waals surface area contributed by atoms with Crippen LogP contribution < -0.4 is 26.9 Å². The van der Waals surface area contributed by atoms with Crippen molar-refractivity contribution in [3.05, 3.63) is 36.4 Å². The van der Waals surface area contributed by atoms with Crippen LogP contribution in [0, 0.1) is 0 Å². The average Bonchev–Trinajstić information content (AvgIpc) is 2.42. The third kappa shape index (κ3) is 5.76. The predicted octanol–water partition coefficient (Wildman–Crippen LogP) is -1.29. The second-order valence-electron chi connectivity index (χ2n) is 4.35. The topological polar surface area (TPSA) is 18.5 Å². The van der Waals surface area contributed by atoms with Gasteiger partial charge in [-0.25, -0.2) is 0 Å². The van der Waals surface area contributed by atoms with E-state index < -0.39 is 0 Å². The molecule has 0 fully saturated rings. The second kappa shape index (κ2) is 8.79. The molecule has 0 amide bonds. The molecule has 0 heterocycles. The Morgan fingerprint density at radius 2 is 1.10 bits per heavy atom.